The molecular weight excluding hydrogens is 392 g/mol. The molecule has 0 saturated carbocycles. The van der Waals surface area contributed by atoms with E-state index in [0.717, 1.165) is 17.7 Å². The minimum absolute atomic E-state index is 0.0270. The summed E-state index contributed by atoms with van der Waals surface area (Å²) in [4.78, 5) is 27.8. The number of hydrogen-bond acceptors (Lipinski definition) is 4. The van der Waals surface area contributed by atoms with E-state index in [0.29, 0.717) is 37.6 Å². The lowest BCUT2D eigenvalue weighted by molar-refractivity contribution is -0.135. The number of benzene rings is 2. The summed E-state index contributed by atoms with van der Waals surface area (Å²) in [6.07, 6.45) is 0.741. The van der Waals surface area contributed by atoms with Crippen molar-refractivity contribution in [3.8, 4) is 11.5 Å². The number of ether oxygens (including phenoxy) is 2. The smallest absolute Gasteiger partial charge is 0.251 e. The molecule has 31 heavy (non-hydrogen) atoms. The Labute approximate surface area is 184 Å². The lowest BCUT2D eigenvalue weighted by Crippen LogP contribution is -2.52. The minimum Gasteiger partial charge on any atom is -0.490 e. The van der Waals surface area contributed by atoms with E-state index in [4.69, 9.17) is 9.47 Å². The van der Waals surface area contributed by atoms with Crippen LogP contribution in [0.15, 0.2) is 42.5 Å². The Morgan fingerprint density at radius 1 is 1.00 bits per heavy atom. The van der Waals surface area contributed by atoms with E-state index in [-0.39, 0.29) is 17.7 Å². The van der Waals surface area contributed by atoms with Gasteiger partial charge in [-0.15, -0.1) is 0 Å². The van der Waals surface area contributed by atoms with Crippen LogP contribution in [0.4, 0.5) is 0 Å². The molecule has 1 unspecified atom stereocenters. The number of carbonyl (C=O) groups is 2. The molecule has 6 nitrogen and oxygen atoms in total. The fraction of sp³-hybridized carbons (Fsp3) is 0.440. The molecule has 1 aliphatic heterocycles. The first kappa shape index (κ1) is 22.7. The van der Waals surface area contributed by atoms with E-state index < -0.39 is 6.04 Å². The molecule has 1 N–H and O–H groups in total. The zero-order valence-corrected chi connectivity index (χ0v) is 18.8. The first-order chi connectivity index (χ1) is 14.9. The van der Waals surface area contributed by atoms with Gasteiger partial charge in [0.15, 0.2) is 11.5 Å². The van der Waals surface area contributed by atoms with Crippen molar-refractivity contribution < 1.29 is 19.1 Å². The number of nitrogens with one attached hydrogen (secondary N) is 1. The molecule has 1 heterocycles. The van der Waals surface area contributed by atoms with E-state index in [1.54, 1.807) is 12.1 Å². The average Bonchev–Trinajstić information content (AvgIpc) is 2.77. The highest BCUT2D eigenvalue weighted by Crippen LogP contribution is 2.34. The maximum Gasteiger partial charge on any atom is 0.251 e. The lowest BCUT2D eigenvalue weighted by Gasteiger charge is -2.34. The van der Waals surface area contributed by atoms with E-state index >= 15 is 0 Å². The van der Waals surface area contributed by atoms with E-state index in [1.165, 1.54) is 5.56 Å². The van der Waals surface area contributed by atoms with Gasteiger partial charge in [0, 0.05) is 18.7 Å². The van der Waals surface area contributed by atoms with Gasteiger partial charge in [-0.1, -0.05) is 32.0 Å². The Morgan fingerprint density at radius 2 is 1.61 bits per heavy atom. The normalized spacial score (nSPS) is 14.0. The van der Waals surface area contributed by atoms with Gasteiger partial charge < -0.3 is 19.7 Å². The van der Waals surface area contributed by atoms with Crippen LogP contribution in [0.5, 0.6) is 11.5 Å². The summed E-state index contributed by atoms with van der Waals surface area (Å²) in [5.74, 6) is 1.14. The SMILES string of the molecule is CCOc1cc2c(cc1OCC)CN(C(=O)C(NC(=O)c1ccccc1)C(C)C)CC2. The van der Waals surface area contributed by atoms with Gasteiger partial charge in [-0.05, 0) is 61.6 Å². The minimum atomic E-state index is -0.580. The van der Waals surface area contributed by atoms with Crippen LogP contribution < -0.4 is 14.8 Å². The van der Waals surface area contributed by atoms with Crippen LogP contribution in [-0.2, 0) is 17.8 Å². The fourth-order valence-corrected chi connectivity index (χ4v) is 3.81. The summed E-state index contributed by atoms with van der Waals surface area (Å²) in [6, 6.07) is 12.4. The summed E-state index contributed by atoms with van der Waals surface area (Å²) in [5, 5.41) is 2.94. The van der Waals surface area contributed by atoms with Crippen molar-refractivity contribution in [1.82, 2.24) is 10.2 Å². The van der Waals surface area contributed by atoms with Crippen LogP contribution in [0, 0.1) is 5.92 Å². The molecule has 3 rings (SSSR count). The van der Waals surface area contributed by atoms with Crippen molar-refractivity contribution in [2.24, 2.45) is 5.92 Å². The summed E-state index contributed by atoms with van der Waals surface area (Å²) in [5.41, 5.74) is 2.78. The summed E-state index contributed by atoms with van der Waals surface area (Å²) < 4.78 is 11.5. The van der Waals surface area contributed by atoms with Crippen molar-refractivity contribution in [2.75, 3.05) is 19.8 Å². The summed E-state index contributed by atoms with van der Waals surface area (Å²) in [6.45, 7) is 10.0. The fourth-order valence-electron chi connectivity index (χ4n) is 3.81. The van der Waals surface area contributed by atoms with Crippen molar-refractivity contribution in [1.29, 1.82) is 0 Å². The molecule has 0 aromatic heterocycles. The maximum absolute atomic E-state index is 13.4. The number of hydrogen-bond donors (Lipinski definition) is 1. The quantitative estimate of drug-likeness (QED) is 0.700. The highest BCUT2D eigenvalue weighted by atomic mass is 16.5. The van der Waals surface area contributed by atoms with Gasteiger partial charge >= 0.3 is 0 Å². The Hall–Kier alpha value is -3.02. The first-order valence-electron chi connectivity index (χ1n) is 11.0. The number of amides is 2. The van der Waals surface area contributed by atoms with Crippen molar-refractivity contribution >= 4 is 11.8 Å². The highest BCUT2D eigenvalue weighted by Gasteiger charge is 2.31. The Kier molecular flexibility index (Phi) is 7.55. The monoisotopic (exact) mass is 424 g/mol. The van der Waals surface area contributed by atoms with Crippen LogP contribution in [-0.4, -0.2) is 42.5 Å². The molecule has 0 aliphatic carbocycles. The molecule has 166 valence electrons. The van der Waals surface area contributed by atoms with Crippen molar-refractivity contribution in [3.63, 3.8) is 0 Å². The first-order valence-corrected chi connectivity index (χ1v) is 11.0. The maximum atomic E-state index is 13.4. The molecular formula is C25H32N2O4. The number of rotatable bonds is 8. The molecule has 0 saturated heterocycles. The number of fused-ring (bicyclic) bond motifs is 1. The predicted octanol–water partition coefficient (Wildman–Crippen LogP) is 3.82. The second kappa shape index (κ2) is 10.3. The number of nitrogens with zero attached hydrogens (tertiary/aromatic N) is 1. The molecule has 0 bridgehead atoms. The van der Waals surface area contributed by atoms with E-state index in [9.17, 15) is 9.59 Å². The standard InChI is InChI=1S/C25H32N2O4/c1-5-30-21-14-19-12-13-27(16-20(19)15-22(21)31-6-2)25(29)23(17(3)4)26-24(28)18-10-8-7-9-11-18/h7-11,14-15,17,23H,5-6,12-13,16H2,1-4H3,(H,26,28). The lowest BCUT2D eigenvalue weighted by atomic mass is 9.96. The summed E-state index contributed by atoms with van der Waals surface area (Å²) in [7, 11) is 0. The van der Waals surface area contributed by atoms with Crippen molar-refractivity contribution in [2.45, 2.75) is 46.7 Å². The number of carbonyl (C=O) groups excluding carboxylic acids is 2. The van der Waals surface area contributed by atoms with Gasteiger partial charge in [-0.3, -0.25) is 9.59 Å². The van der Waals surface area contributed by atoms with Gasteiger partial charge in [0.05, 0.1) is 13.2 Å². The molecule has 6 heteroatoms. The third kappa shape index (κ3) is 5.37. The molecule has 2 aromatic rings. The van der Waals surface area contributed by atoms with E-state index in [1.807, 2.05) is 62.9 Å². The van der Waals surface area contributed by atoms with Gasteiger partial charge in [-0.2, -0.15) is 0 Å². The van der Waals surface area contributed by atoms with Gasteiger partial charge in [0.1, 0.15) is 6.04 Å². The zero-order valence-electron chi connectivity index (χ0n) is 18.8. The molecule has 2 amide bonds. The largest absolute Gasteiger partial charge is 0.490 e. The van der Waals surface area contributed by atoms with Crippen LogP contribution in [0.3, 0.4) is 0 Å². The van der Waals surface area contributed by atoms with Gasteiger partial charge in [0.25, 0.3) is 5.91 Å². The van der Waals surface area contributed by atoms with Crippen LogP contribution in [0.2, 0.25) is 0 Å². The van der Waals surface area contributed by atoms with Crippen LogP contribution >= 0.6 is 0 Å². The zero-order chi connectivity index (χ0) is 22.4. The second-order valence-corrected chi connectivity index (χ2v) is 8.00. The molecule has 0 fully saturated rings. The van der Waals surface area contributed by atoms with Crippen LogP contribution in [0.1, 0.15) is 49.2 Å². The highest BCUT2D eigenvalue weighted by molar-refractivity contribution is 5.97. The van der Waals surface area contributed by atoms with E-state index in [2.05, 4.69) is 5.32 Å². The molecule has 1 atom stereocenters. The Morgan fingerprint density at radius 3 is 2.19 bits per heavy atom. The Balaban J connectivity index is 1.77. The Bertz CT molecular complexity index is 911. The molecule has 2 aromatic carbocycles. The third-order valence-electron chi connectivity index (χ3n) is 5.44. The topological polar surface area (TPSA) is 67.9 Å². The third-order valence-corrected chi connectivity index (χ3v) is 5.44. The second-order valence-electron chi connectivity index (χ2n) is 8.00. The van der Waals surface area contributed by atoms with Gasteiger partial charge in [-0.25, -0.2) is 0 Å². The predicted molar refractivity (Wildman–Crippen MR) is 120 cm³/mol. The summed E-state index contributed by atoms with van der Waals surface area (Å²) >= 11 is 0. The molecule has 1 aliphatic rings. The molecule has 0 spiro atoms. The van der Waals surface area contributed by atoms with Crippen LogP contribution in [0.25, 0.3) is 0 Å². The van der Waals surface area contributed by atoms with Gasteiger partial charge in [0.2, 0.25) is 5.91 Å². The average molecular weight is 425 g/mol. The van der Waals surface area contributed by atoms with Crippen molar-refractivity contribution in [3.05, 3.63) is 59.2 Å². The molecule has 0 radical (unpaired) electrons.